The molecule has 0 heterocycles. The highest BCUT2D eigenvalue weighted by Crippen LogP contribution is 2.18. The Morgan fingerprint density at radius 1 is 1.00 bits per heavy atom. The van der Waals surface area contributed by atoms with E-state index < -0.39 is 10.0 Å². The van der Waals surface area contributed by atoms with Crippen molar-refractivity contribution in [1.82, 2.24) is 9.62 Å². The third-order valence-corrected chi connectivity index (χ3v) is 5.59. The van der Waals surface area contributed by atoms with Gasteiger partial charge in [-0.2, -0.15) is 0 Å². The number of nitrogens with zero attached hydrogens (tertiary/aromatic N) is 1. The van der Waals surface area contributed by atoms with Gasteiger partial charge in [0.1, 0.15) is 0 Å². The lowest BCUT2D eigenvalue weighted by molar-refractivity contribution is 0.102. The maximum atomic E-state index is 12.4. The second kappa shape index (κ2) is 9.12. The quantitative estimate of drug-likeness (QED) is 0.728. The van der Waals surface area contributed by atoms with Gasteiger partial charge in [0.25, 0.3) is 5.91 Å². The first-order valence-electron chi connectivity index (χ1n) is 8.85. The maximum Gasteiger partial charge on any atom is 0.255 e. The van der Waals surface area contributed by atoms with Crippen molar-refractivity contribution in [1.29, 1.82) is 0 Å². The average molecular weight is 390 g/mol. The topological polar surface area (TPSA) is 78.5 Å². The molecular formula is C20H27N3O3S. The molecule has 0 aromatic heterocycles. The molecule has 2 aromatic rings. The van der Waals surface area contributed by atoms with Crippen molar-refractivity contribution in [3.8, 4) is 0 Å². The Balaban J connectivity index is 2.02. The van der Waals surface area contributed by atoms with E-state index >= 15 is 0 Å². The van der Waals surface area contributed by atoms with Gasteiger partial charge in [-0.1, -0.05) is 26.0 Å². The lowest BCUT2D eigenvalue weighted by atomic mass is 10.0. The molecule has 146 valence electrons. The van der Waals surface area contributed by atoms with Crippen LogP contribution in [0, 0.1) is 0 Å². The summed E-state index contributed by atoms with van der Waals surface area (Å²) in [7, 11) is 0.168. The molecule has 7 heteroatoms. The number of amides is 1. The number of carbonyl (C=O) groups is 1. The number of nitrogens with one attached hydrogen (secondary N) is 2. The van der Waals surface area contributed by atoms with Gasteiger partial charge in [-0.3, -0.25) is 4.79 Å². The predicted molar refractivity (Wildman–Crippen MR) is 109 cm³/mol. The van der Waals surface area contributed by atoms with E-state index in [-0.39, 0.29) is 10.8 Å². The zero-order chi connectivity index (χ0) is 20.0. The second-order valence-corrected chi connectivity index (χ2v) is 8.72. The first kappa shape index (κ1) is 21.1. The van der Waals surface area contributed by atoms with Gasteiger partial charge in [-0.05, 0) is 62.0 Å². The van der Waals surface area contributed by atoms with Crippen LogP contribution in [0.3, 0.4) is 0 Å². The molecule has 6 nitrogen and oxygen atoms in total. The van der Waals surface area contributed by atoms with Gasteiger partial charge >= 0.3 is 0 Å². The number of likely N-dealkylation sites (N-methyl/N-ethyl adjacent to an activating group) is 1. The number of hydrogen-bond acceptors (Lipinski definition) is 4. The van der Waals surface area contributed by atoms with Gasteiger partial charge < -0.3 is 10.2 Å². The molecule has 0 saturated carbocycles. The molecule has 0 atom stereocenters. The summed E-state index contributed by atoms with van der Waals surface area (Å²) in [5, 5.41) is 2.82. The Labute approximate surface area is 161 Å². The number of benzene rings is 2. The van der Waals surface area contributed by atoms with E-state index in [0.29, 0.717) is 30.3 Å². The van der Waals surface area contributed by atoms with Crippen molar-refractivity contribution >= 4 is 21.6 Å². The summed E-state index contributed by atoms with van der Waals surface area (Å²) in [6.45, 7) is 5.15. The molecule has 2 N–H and O–H groups in total. The molecule has 1 amide bonds. The summed E-state index contributed by atoms with van der Waals surface area (Å²) in [5.74, 6) is 0.146. The summed E-state index contributed by atoms with van der Waals surface area (Å²) < 4.78 is 27.0. The highest BCUT2D eigenvalue weighted by molar-refractivity contribution is 7.89. The van der Waals surface area contributed by atoms with E-state index in [2.05, 4.69) is 23.9 Å². The van der Waals surface area contributed by atoms with E-state index in [1.54, 1.807) is 0 Å². The molecule has 0 spiro atoms. The first-order valence-corrected chi connectivity index (χ1v) is 10.3. The minimum Gasteiger partial charge on any atom is -0.322 e. The van der Waals surface area contributed by atoms with E-state index in [1.165, 1.54) is 29.8 Å². The number of carbonyl (C=O) groups excluding carboxylic acids is 1. The molecule has 0 aliphatic rings. The van der Waals surface area contributed by atoms with Crippen molar-refractivity contribution in [2.45, 2.75) is 24.7 Å². The van der Waals surface area contributed by atoms with E-state index in [0.717, 1.165) is 0 Å². The molecule has 2 aromatic carbocycles. The Morgan fingerprint density at radius 3 is 2.11 bits per heavy atom. The minimum absolute atomic E-state index is 0.138. The Kier molecular flexibility index (Phi) is 7.12. The highest BCUT2D eigenvalue weighted by atomic mass is 32.2. The molecule has 0 bridgehead atoms. The van der Waals surface area contributed by atoms with Gasteiger partial charge in [-0.15, -0.1) is 0 Å². The fraction of sp³-hybridized carbons (Fsp3) is 0.350. The van der Waals surface area contributed by atoms with Gasteiger partial charge in [0.2, 0.25) is 10.0 Å². The molecular weight excluding hydrogens is 362 g/mol. The molecule has 0 unspecified atom stereocenters. The van der Waals surface area contributed by atoms with Gasteiger partial charge in [0.15, 0.2) is 0 Å². The Hall–Kier alpha value is -2.22. The van der Waals surface area contributed by atoms with Gasteiger partial charge in [-0.25, -0.2) is 13.1 Å². The number of anilines is 1. The SMILES string of the molecule is CC(C)c1ccc(NC(=O)c2ccc(S(=O)(=O)NCCN(C)C)cc2)cc1. The summed E-state index contributed by atoms with van der Waals surface area (Å²) in [5.41, 5.74) is 2.30. The summed E-state index contributed by atoms with van der Waals surface area (Å²) in [4.78, 5) is 14.4. The van der Waals surface area contributed by atoms with Gasteiger partial charge in [0, 0.05) is 24.3 Å². The van der Waals surface area contributed by atoms with Crippen LogP contribution >= 0.6 is 0 Å². The normalized spacial score (nSPS) is 11.8. The van der Waals surface area contributed by atoms with Crippen LogP contribution in [-0.2, 0) is 10.0 Å². The van der Waals surface area contributed by atoms with Crippen molar-refractivity contribution < 1.29 is 13.2 Å². The molecule has 0 aliphatic heterocycles. The first-order chi connectivity index (χ1) is 12.7. The van der Waals surface area contributed by atoms with Crippen molar-refractivity contribution in [2.75, 3.05) is 32.5 Å². The molecule has 27 heavy (non-hydrogen) atoms. The number of sulfonamides is 1. The number of hydrogen-bond donors (Lipinski definition) is 2. The predicted octanol–water partition coefficient (Wildman–Crippen LogP) is 2.90. The summed E-state index contributed by atoms with van der Waals surface area (Å²) in [6.07, 6.45) is 0. The maximum absolute atomic E-state index is 12.4. The number of rotatable bonds is 8. The monoisotopic (exact) mass is 389 g/mol. The van der Waals surface area contributed by atoms with Crippen LogP contribution in [-0.4, -0.2) is 46.4 Å². The van der Waals surface area contributed by atoms with E-state index in [4.69, 9.17) is 0 Å². The molecule has 0 fully saturated rings. The van der Waals surface area contributed by atoms with Crippen LogP contribution in [0.4, 0.5) is 5.69 Å². The largest absolute Gasteiger partial charge is 0.322 e. The highest BCUT2D eigenvalue weighted by Gasteiger charge is 2.14. The lowest BCUT2D eigenvalue weighted by Gasteiger charge is -2.11. The molecule has 0 aliphatic carbocycles. The van der Waals surface area contributed by atoms with Gasteiger partial charge in [0.05, 0.1) is 4.90 Å². The minimum atomic E-state index is -3.58. The van der Waals surface area contributed by atoms with Crippen molar-refractivity contribution in [3.63, 3.8) is 0 Å². The zero-order valence-electron chi connectivity index (χ0n) is 16.2. The Morgan fingerprint density at radius 2 is 1.59 bits per heavy atom. The molecule has 0 saturated heterocycles. The van der Waals surface area contributed by atoms with Crippen LogP contribution in [0.15, 0.2) is 53.4 Å². The smallest absolute Gasteiger partial charge is 0.255 e. The van der Waals surface area contributed by atoms with E-state index in [1.807, 2.05) is 43.3 Å². The molecule has 0 radical (unpaired) electrons. The van der Waals surface area contributed by atoms with Crippen molar-refractivity contribution in [3.05, 3.63) is 59.7 Å². The standard InChI is InChI=1S/C20H27N3O3S/c1-15(2)16-5-9-18(10-6-16)22-20(24)17-7-11-19(12-8-17)27(25,26)21-13-14-23(3)4/h5-12,15,21H,13-14H2,1-4H3,(H,22,24). The third-order valence-electron chi connectivity index (χ3n) is 4.11. The molecule has 2 rings (SSSR count). The average Bonchev–Trinajstić information content (AvgIpc) is 2.61. The summed E-state index contributed by atoms with van der Waals surface area (Å²) in [6, 6.07) is 13.6. The zero-order valence-corrected chi connectivity index (χ0v) is 17.0. The lowest BCUT2D eigenvalue weighted by Crippen LogP contribution is -2.31. The van der Waals surface area contributed by atoms with Crippen LogP contribution in [0.25, 0.3) is 0 Å². The second-order valence-electron chi connectivity index (χ2n) is 6.96. The van der Waals surface area contributed by atoms with Crippen LogP contribution in [0.5, 0.6) is 0 Å². The third kappa shape index (κ3) is 6.16. The van der Waals surface area contributed by atoms with E-state index in [9.17, 15) is 13.2 Å². The fourth-order valence-electron chi connectivity index (χ4n) is 2.43. The summed E-state index contributed by atoms with van der Waals surface area (Å²) >= 11 is 0. The van der Waals surface area contributed by atoms with Crippen LogP contribution in [0.1, 0.15) is 35.7 Å². The van der Waals surface area contributed by atoms with Crippen LogP contribution < -0.4 is 10.0 Å². The van der Waals surface area contributed by atoms with Crippen LogP contribution in [0.2, 0.25) is 0 Å². The van der Waals surface area contributed by atoms with Crippen molar-refractivity contribution in [2.24, 2.45) is 0 Å². The Bertz CT molecular complexity index is 858. The fourth-order valence-corrected chi connectivity index (χ4v) is 3.45.